The van der Waals surface area contributed by atoms with Crippen molar-refractivity contribution in [2.75, 3.05) is 6.61 Å². The van der Waals surface area contributed by atoms with E-state index in [9.17, 15) is 20.1 Å². The summed E-state index contributed by atoms with van der Waals surface area (Å²) in [5.41, 5.74) is 0. The van der Waals surface area contributed by atoms with E-state index in [1.165, 1.54) is 0 Å². The Hall–Kier alpha value is -1.63. The summed E-state index contributed by atoms with van der Waals surface area (Å²) in [5, 5.41) is 34.9. The zero-order valence-corrected chi connectivity index (χ0v) is 19.8. The van der Waals surface area contributed by atoms with Crippen LogP contribution < -0.4 is 10.1 Å². The Kier molecular flexibility index (Phi) is 8.31. The molecule has 1 unspecified atom stereocenters. The minimum absolute atomic E-state index is 0.00283. The molecular weight excluding hydrogens is 418 g/mol. The summed E-state index contributed by atoms with van der Waals surface area (Å²) in [6.45, 7) is 2.30. The van der Waals surface area contributed by atoms with Crippen LogP contribution in [-0.2, 0) is 4.79 Å². The fraction of sp³-hybridized carbons (Fsp3) is 0.741. The standard InChI is InChI=1S/C27H41NO5/c1-17(12-21(29)16-33-22-7-3-2-4-8-22)27-23(24(30)15-25(27)31)14-19-13-18(19)6-5-9-26(32)28-20-10-11-20/h2-4,7-8,17-21,23-25,27,29-31H,5-6,9-16H2,1H3,(H,28,32)/t17-,18?,19-,21+,23-,24-,25+,27+/m0/s1. The molecule has 1 aromatic rings. The largest absolute Gasteiger partial charge is 0.491 e. The second-order valence-corrected chi connectivity index (χ2v) is 10.8. The van der Waals surface area contributed by atoms with Gasteiger partial charge in [-0.05, 0) is 93.1 Å². The topological polar surface area (TPSA) is 99.0 Å². The van der Waals surface area contributed by atoms with Crippen LogP contribution in [0.4, 0.5) is 0 Å². The van der Waals surface area contributed by atoms with Crippen LogP contribution in [0, 0.1) is 29.6 Å². The molecule has 4 N–H and O–H groups in total. The van der Waals surface area contributed by atoms with Crippen molar-refractivity contribution in [2.24, 2.45) is 29.6 Å². The van der Waals surface area contributed by atoms with Crippen LogP contribution in [0.1, 0.15) is 64.7 Å². The zero-order chi connectivity index (χ0) is 23.4. The molecule has 0 spiro atoms. The van der Waals surface area contributed by atoms with Gasteiger partial charge in [0, 0.05) is 12.5 Å². The molecule has 6 nitrogen and oxygen atoms in total. The van der Waals surface area contributed by atoms with E-state index >= 15 is 0 Å². The number of rotatable bonds is 13. The van der Waals surface area contributed by atoms with E-state index in [1.807, 2.05) is 30.3 Å². The molecule has 0 aliphatic heterocycles. The maximum absolute atomic E-state index is 11.9. The van der Waals surface area contributed by atoms with Crippen molar-refractivity contribution in [3.8, 4) is 5.75 Å². The van der Waals surface area contributed by atoms with Crippen molar-refractivity contribution in [2.45, 2.75) is 89.1 Å². The molecule has 1 aromatic carbocycles. The first-order valence-corrected chi connectivity index (χ1v) is 12.9. The lowest BCUT2D eigenvalue weighted by atomic mass is 9.78. The minimum Gasteiger partial charge on any atom is -0.491 e. The predicted molar refractivity (Wildman–Crippen MR) is 127 cm³/mol. The van der Waals surface area contributed by atoms with Gasteiger partial charge in [0.1, 0.15) is 12.4 Å². The Balaban J connectivity index is 1.19. The van der Waals surface area contributed by atoms with E-state index < -0.39 is 18.3 Å². The van der Waals surface area contributed by atoms with E-state index in [0.29, 0.717) is 37.1 Å². The van der Waals surface area contributed by atoms with Gasteiger partial charge in [0.25, 0.3) is 0 Å². The summed E-state index contributed by atoms with van der Waals surface area (Å²) in [5.74, 6) is 2.32. The highest BCUT2D eigenvalue weighted by Crippen LogP contribution is 2.51. The molecule has 8 atom stereocenters. The van der Waals surface area contributed by atoms with Gasteiger partial charge in [-0.1, -0.05) is 25.1 Å². The van der Waals surface area contributed by atoms with Crippen LogP contribution >= 0.6 is 0 Å². The average Bonchev–Trinajstić information content (AvgIpc) is 3.70. The SMILES string of the molecule is C[C@@H](C[C@@H](O)COc1ccccc1)[C@@H]1[C@@H](C[C@@H]2CC2CCCC(=O)NC2CC2)[C@@H](O)C[C@H]1O. The van der Waals surface area contributed by atoms with Crippen molar-refractivity contribution < 1.29 is 24.9 Å². The van der Waals surface area contributed by atoms with Crippen LogP contribution in [0.15, 0.2) is 30.3 Å². The highest BCUT2D eigenvalue weighted by Gasteiger charge is 2.48. The lowest BCUT2D eigenvalue weighted by Gasteiger charge is -2.30. The quantitative estimate of drug-likeness (QED) is 0.363. The summed E-state index contributed by atoms with van der Waals surface area (Å²) in [4.78, 5) is 11.9. The molecule has 0 radical (unpaired) electrons. The van der Waals surface area contributed by atoms with Crippen LogP contribution in [-0.4, -0.2) is 52.2 Å². The normalized spacial score (nSPS) is 32.8. The number of para-hydroxylation sites is 1. The van der Waals surface area contributed by atoms with E-state index in [2.05, 4.69) is 12.2 Å². The number of benzene rings is 1. The lowest BCUT2D eigenvalue weighted by molar-refractivity contribution is -0.121. The second-order valence-electron chi connectivity index (χ2n) is 10.8. The number of ether oxygens (including phenoxy) is 1. The number of nitrogens with one attached hydrogen (secondary N) is 1. The first kappa shape index (κ1) is 24.5. The number of carbonyl (C=O) groups is 1. The highest BCUT2D eigenvalue weighted by atomic mass is 16.5. The second kappa shape index (κ2) is 11.2. The van der Waals surface area contributed by atoms with Crippen LogP contribution in [0.2, 0.25) is 0 Å². The van der Waals surface area contributed by atoms with E-state index in [-0.39, 0.29) is 30.3 Å². The number of aliphatic hydroxyl groups excluding tert-OH is 3. The number of aliphatic hydroxyl groups is 3. The predicted octanol–water partition coefficient (Wildman–Crippen LogP) is 3.29. The Morgan fingerprint density at radius 3 is 2.61 bits per heavy atom. The number of hydrogen-bond acceptors (Lipinski definition) is 5. The molecule has 3 fully saturated rings. The van der Waals surface area contributed by atoms with E-state index in [1.54, 1.807) is 0 Å². The Morgan fingerprint density at radius 1 is 1.12 bits per heavy atom. The fourth-order valence-corrected chi connectivity index (χ4v) is 5.95. The Labute approximate surface area is 197 Å². The van der Waals surface area contributed by atoms with E-state index in [4.69, 9.17) is 4.74 Å². The minimum atomic E-state index is -0.610. The van der Waals surface area contributed by atoms with Gasteiger partial charge < -0.3 is 25.4 Å². The van der Waals surface area contributed by atoms with Gasteiger partial charge in [-0.25, -0.2) is 0 Å². The summed E-state index contributed by atoms with van der Waals surface area (Å²) >= 11 is 0. The van der Waals surface area contributed by atoms with Crippen LogP contribution in [0.25, 0.3) is 0 Å². The summed E-state index contributed by atoms with van der Waals surface area (Å²) in [7, 11) is 0. The van der Waals surface area contributed by atoms with Gasteiger partial charge in [-0.15, -0.1) is 0 Å². The van der Waals surface area contributed by atoms with Crippen LogP contribution in [0.5, 0.6) is 5.75 Å². The molecule has 6 heteroatoms. The maximum Gasteiger partial charge on any atom is 0.220 e. The maximum atomic E-state index is 11.9. The monoisotopic (exact) mass is 459 g/mol. The number of amides is 1. The summed E-state index contributed by atoms with van der Waals surface area (Å²) in [6, 6.07) is 9.90. The van der Waals surface area contributed by atoms with Crippen molar-refractivity contribution in [1.29, 1.82) is 0 Å². The Morgan fingerprint density at radius 2 is 1.88 bits per heavy atom. The van der Waals surface area contributed by atoms with Gasteiger partial charge in [-0.3, -0.25) is 4.79 Å². The molecule has 4 rings (SSSR count). The molecule has 0 aromatic heterocycles. The average molecular weight is 460 g/mol. The Bertz CT molecular complexity index is 754. The van der Waals surface area contributed by atoms with Gasteiger partial charge in [0.2, 0.25) is 5.91 Å². The molecule has 3 saturated carbocycles. The summed E-state index contributed by atoms with van der Waals surface area (Å²) in [6.07, 6.45) is 6.34. The first-order chi connectivity index (χ1) is 15.9. The van der Waals surface area contributed by atoms with Crippen molar-refractivity contribution in [3.05, 3.63) is 30.3 Å². The fourth-order valence-electron chi connectivity index (χ4n) is 5.95. The third-order valence-corrected chi connectivity index (χ3v) is 7.97. The van der Waals surface area contributed by atoms with Gasteiger partial charge >= 0.3 is 0 Å². The molecule has 0 heterocycles. The smallest absolute Gasteiger partial charge is 0.220 e. The first-order valence-electron chi connectivity index (χ1n) is 12.9. The third kappa shape index (κ3) is 7.17. The third-order valence-electron chi connectivity index (χ3n) is 7.97. The van der Waals surface area contributed by atoms with Crippen molar-refractivity contribution in [3.63, 3.8) is 0 Å². The molecule has 3 aliphatic rings. The lowest BCUT2D eigenvalue weighted by Crippen LogP contribution is -2.32. The number of carbonyl (C=O) groups excluding carboxylic acids is 1. The van der Waals surface area contributed by atoms with Gasteiger partial charge in [0.15, 0.2) is 0 Å². The van der Waals surface area contributed by atoms with Crippen molar-refractivity contribution in [1.82, 2.24) is 5.32 Å². The molecule has 33 heavy (non-hydrogen) atoms. The molecule has 3 aliphatic carbocycles. The van der Waals surface area contributed by atoms with Gasteiger partial charge in [0.05, 0.1) is 18.3 Å². The molecule has 1 amide bonds. The van der Waals surface area contributed by atoms with Crippen LogP contribution in [0.3, 0.4) is 0 Å². The molecule has 0 saturated heterocycles. The molecule has 184 valence electrons. The molecule has 0 bridgehead atoms. The van der Waals surface area contributed by atoms with E-state index in [0.717, 1.165) is 44.3 Å². The van der Waals surface area contributed by atoms with Crippen molar-refractivity contribution >= 4 is 5.91 Å². The highest BCUT2D eigenvalue weighted by molar-refractivity contribution is 5.76. The summed E-state index contributed by atoms with van der Waals surface area (Å²) < 4.78 is 5.68. The van der Waals surface area contributed by atoms with Gasteiger partial charge in [-0.2, -0.15) is 0 Å². The number of hydrogen-bond donors (Lipinski definition) is 4. The zero-order valence-electron chi connectivity index (χ0n) is 19.8. The molecular formula is C27H41NO5.